The van der Waals surface area contributed by atoms with Gasteiger partial charge in [0.15, 0.2) is 0 Å². The van der Waals surface area contributed by atoms with E-state index >= 15 is 0 Å². The molecule has 2 aliphatic rings. The minimum atomic E-state index is -0.435. The van der Waals surface area contributed by atoms with E-state index in [-0.39, 0.29) is 0 Å². The monoisotopic (exact) mass is 338 g/mol. The Morgan fingerprint density at radius 2 is 2.00 bits per heavy atom. The number of benzene rings is 1. The minimum absolute atomic E-state index is 0.357. The molecule has 2 saturated heterocycles. The van der Waals surface area contributed by atoms with Gasteiger partial charge in [-0.3, -0.25) is 9.80 Å². The van der Waals surface area contributed by atoms with E-state index in [4.69, 9.17) is 16.3 Å². The van der Waals surface area contributed by atoms with Crippen molar-refractivity contribution in [3.63, 3.8) is 0 Å². The number of hydrogen-bond acceptors (Lipinski definition) is 4. The number of hydrogen-bond donors (Lipinski definition) is 1. The van der Waals surface area contributed by atoms with Crippen LogP contribution in [0.5, 0.6) is 0 Å². The second-order valence-electron chi connectivity index (χ2n) is 6.71. The maximum Gasteiger partial charge on any atom is 0.0900 e. The van der Waals surface area contributed by atoms with Crippen LogP contribution in [0.1, 0.15) is 24.8 Å². The van der Waals surface area contributed by atoms with Gasteiger partial charge in [-0.25, -0.2) is 0 Å². The Hall–Kier alpha value is -0.650. The number of aliphatic hydroxyl groups excluding tert-OH is 1. The largest absolute Gasteiger partial charge is 0.389 e. The Morgan fingerprint density at radius 3 is 2.78 bits per heavy atom. The third kappa shape index (κ3) is 4.91. The van der Waals surface area contributed by atoms with Crippen molar-refractivity contribution in [3.8, 4) is 0 Å². The molecule has 2 unspecified atom stereocenters. The Bertz CT molecular complexity index is 494. The zero-order valence-electron chi connectivity index (χ0n) is 13.7. The van der Waals surface area contributed by atoms with Crippen LogP contribution in [0, 0.1) is 0 Å². The lowest BCUT2D eigenvalue weighted by Crippen LogP contribution is -2.38. The molecule has 2 heterocycles. The van der Waals surface area contributed by atoms with Crippen LogP contribution in [0.4, 0.5) is 0 Å². The SMILES string of the molecule is OC(COCc1ccccc1Cl)CN1CCC(N2CCCC2)C1. The highest BCUT2D eigenvalue weighted by Gasteiger charge is 2.29. The summed E-state index contributed by atoms with van der Waals surface area (Å²) in [6, 6.07) is 8.36. The third-order valence-corrected chi connectivity index (χ3v) is 5.27. The van der Waals surface area contributed by atoms with E-state index in [9.17, 15) is 5.11 Å². The third-order valence-electron chi connectivity index (χ3n) is 4.90. The number of aliphatic hydroxyl groups is 1. The summed E-state index contributed by atoms with van der Waals surface area (Å²) in [7, 11) is 0. The highest BCUT2D eigenvalue weighted by atomic mass is 35.5. The Kier molecular flexibility index (Phi) is 6.31. The smallest absolute Gasteiger partial charge is 0.0900 e. The summed E-state index contributed by atoms with van der Waals surface area (Å²) < 4.78 is 5.63. The number of rotatable bonds is 7. The zero-order valence-corrected chi connectivity index (χ0v) is 14.4. The fourth-order valence-electron chi connectivity index (χ4n) is 3.65. The van der Waals surface area contributed by atoms with E-state index in [0.717, 1.165) is 23.7 Å². The maximum absolute atomic E-state index is 10.2. The van der Waals surface area contributed by atoms with Gasteiger partial charge in [-0.05, 0) is 50.5 Å². The van der Waals surface area contributed by atoms with Gasteiger partial charge in [0, 0.05) is 24.2 Å². The molecular weight excluding hydrogens is 312 g/mol. The highest BCUT2D eigenvalue weighted by molar-refractivity contribution is 6.31. The molecule has 23 heavy (non-hydrogen) atoms. The van der Waals surface area contributed by atoms with Gasteiger partial charge < -0.3 is 9.84 Å². The predicted molar refractivity (Wildman–Crippen MR) is 92.8 cm³/mol. The molecule has 0 spiro atoms. The number of halogens is 1. The van der Waals surface area contributed by atoms with Crippen molar-refractivity contribution >= 4 is 11.6 Å². The van der Waals surface area contributed by atoms with Crippen molar-refractivity contribution in [2.45, 2.75) is 38.0 Å². The number of likely N-dealkylation sites (tertiary alicyclic amines) is 2. The lowest BCUT2D eigenvalue weighted by Gasteiger charge is -2.24. The van der Waals surface area contributed by atoms with Crippen LogP contribution in [-0.4, -0.2) is 66.4 Å². The second kappa shape index (κ2) is 8.45. The summed E-state index contributed by atoms with van der Waals surface area (Å²) in [5.41, 5.74) is 0.969. The molecule has 2 atom stereocenters. The van der Waals surface area contributed by atoms with Gasteiger partial charge in [-0.1, -0.05) is 29.8 Å². The topological polar surface area (TPSA) is 35.9 Å². The van der Waals surface area contributed by atoms with Crippen LogP contribution in [0.2, 0.25) is 5.02 Å². The summed E-state index contributed by atoms with van der Waals surface area (Å²) in [5, 5.41) is 10.9. The van der Waals surface area contributed by atoms with E-state index in [1.54, 1.807) is 0 Å². The van der Waals surface area contributed by atoms with Crippen LogP contribution < -0.4 is 0 Å². The van der Waals surface area contributed by atoms with Crippen molar-refractivity contribution in [2.75, 3.05) is 39.3 Å². The summed E-state index contributed by atoms with van der Waals surface area (Å²) >= 11 is 6.10. The molecule has 3 rings (SSSR count). The van der Waals surface area contributed by atoms with Crippen molar-refractivity contribution in [1.29, 1.82) is 0 Å². The molecule has 5 heteroatoms. The average molecular weight is 339 g/mol. The van der Waals surface area contributed by atoms with Crippen LogP contribution in [0.3, 0.4) is 0 Å². The molecule has 4 nitrogen and oxygen atoms in total. The Labute approximate surface area is 144 Å². The summed E-state index contributed by atoms with van der Waals surface area (Å²) in [6.45, 7) is 6.18. The fourth-order valence-corrected chi connectivity index (χ4v) is 3.84. The molecule has 0 aromatic heterocycles. The molecule has 2 aliphatic heterocycles. The van der Waals surface area contributed by atoms with Gasteiger partial charge in [-0.15, -0.1) is 0 Å². The van der Waals surface area contributed by atoms with E-state index in [0.29, 0.717) is 25.8 Å². The molecule has 0 amide bonds. The molecule has 0 bridgehead atoms. The van der Waals surface area contributed by atoms with Crippen molar-refractivity contribution in [2.24, 2.45) is 0 Å². The van der Waals surface area contributed by atoms with E-state index < -0.39 is 6.10 Å². The number of nitrogens with zero attached hydrogens (tertiary/aromatic N) is 2. The standard InChI is InChI=1S/C18H27ClN2O2/c19-18-6-2-1-5-15(18)13-23-14-17(22)12-20-10-7-16(11-20)21-8-3-4-9-21/h1-2,5-6,16-17,22H,3-4,7-14H2. The summed E-state index contributed by atoms with van der Waals surface area (Å²) in [4.78, 5) is 4.98. The van der Waals surface area contributed by atoms with Gasteiger partial charge in [-0.2, -0.15) is 0 Å². The molecular formula is C18H27ClN2O2. The average Bonchev–Trinajstić information content (AvgIpc) is 3.20. The molecule has 1 aromatic carbocycles. The first kappa shape index (κ1) is 17.2. The second-order valence-corrected chi connectivity index (χ2v) is 7.11. The van der Waals surface area contributed by atoms with Crippen LogP contribution in [0.15, 0.2) is 24.3 Å². The van der Waals surface area contributed by atoms with Crippen molar-refractivity contribution < 1.29 is 9.84 Å². The minimum Gasteiger partial charge on any atom is -0.389 e. The molecule has 128 valence electrons. The van der Waals surface area contributed by atoms with E-state index in [1.807, 2.05) is 24.3 Å². The van der Waals surface area contributed by atoms with E-state index in [2.05, 4.69) is 9.80 Å². The van der Waals surface area contributed by atoms with Crippen molar-refractivity contribution in [1.82, 2.24) is 9.80 Å². The van der Waals surface area contributed by atoms with Gasteiger partial charge in [0.05, 0.1) is 19.3 Å². The first-order valence-electron chi connectivity index (χ1n) is 8.68. The zero-order chi connectivity index (χ0) is 16.1. The fraction of sp³-hybridized carbons (Fsp3) is 0.667. The van der Waals surface area contributed by atoms with Crippen molar-refractivity contribution in [3.05, 3.63) is 34.9 Å². The van der Waals surface area contributed by atoms with Gasteiger partial charge in [0.25, 0.3) is 0 Å². The molecule has 0 saturated carbocycles. The number of β-amino-alcohol motifs (C(OH)–C–C–N with tert-alkyl or cyclic N) is 1. The molecule has 0 aliphatic carbocycles. The molecule has 1 aromatic rings. The normalized spacial score (nSPS) is 24.3. The Balaban J connectivity index is 1.35. The van der Waals surface area contributed by atoms with Crippen LogP contribution in [-0.2, 0) is 11.3 Å². The van der Waals surface area contributed by atoms with Crippen LogP contribution >= 0.6 is 11.6 Å². The quantitative estimate of drug-likeness (QED) is 0.828. The van der Waals surface area contributed by atoms with E-state index in [1.165, 1.54) is 32.4 Å². The summed E-state index contributed by atoms with van der Waals surface area (Å²) in [6.07, 6.45) is 3.48. The first-order chi connectivity index (χ1) is 11.2. The predicted octanol–water partition coefficient (Wildman–Crippen LogP) is 2.39. The maximum atomic E-state index is 10.2. The lowest BCUT2D eigenvalue weighted by atomic mass is 10.2. The first-order valence-corrected chi connectivity index (χ1v) is 9.06. The molecule has 0 radical (unpaired) electrons. The highest BCUT2D eigenvalue weighted by Crippen LogP contribution is 2.20. The summed E-state index contributed by atoms with van der Waals surface area (Å²) in [5.74, 6) is 0. The van der Waals surface area contributed by atoms with Gasteiger partial charge >= 0.3 is 0 Å². The van der Waals surface area contributed by atoms with Gasteiger partial charge in [0.1, 0.15) is 0 Å². The number of ether oxygens (including phenoxy) is 1. The van der Waals surface area contributed by atoms with Gasteiger partial charge in [0.2, 0.25) is 0 Å². The van der Waals surface area contributed by atoms with Crippen LogP contribution in [0.25, 0.3) is 0 Å². The Morgan fingerprint density at radius 1 is 1.22 bits per heavy atom. The molecule has 1 N–H and O–H groups in total. The lowest BCUT2D eigenvalue weighted by molar-refractivity contribution is 0.0125. The molecule has 2 fully saturated rings.